The molecule has 0 fully saturated rings. The molecule has 32 heavy (non-hydrogen) atoms. The van der Waals surface area contributed by atoms with Crippen LogP contribution in [0.3, 0.4) is 0 Å². The Morgan fingerprint density at radius 2 is 1.94 bits per heavy atom. The number of carbonyl (C=O) groups excluding carboxylic acids is 1. The lowest BCUT2D eigenvalue weighted by Crippen LogP contribution is -2.24. The summed E-state index contributed by atoms with van der Waals surface area (Å²) in [4.78, 5) is 26.5. The number of imidazole rings is 1. The summed E-state index contributed by atoms with van der Waals surface area (Å²) in [7, 11) is 0. The minimum absolute atomic E-state index is 0.0147. The van der Waals surface area contributed by atoms with Gasteiger partial charge in [-0.2, -0.15) is 17.6 Å². The number of nitro groups is 1. The van der Waals surface area contributed by atoms with Crippen LogP contribution in [0.4, 0.5) is 28.9 Å². The molecule has 1 atom stereocenters. The van der Waals surface area contributed by atoms with Crippen LogP contribution in [-0.4, -0.2) is 31.8 Å². The summed E-state index contributed by atoms with van der Waals surface area (Å²) in [5.74, 6) is -1.70. The zero-order valence-corrected chi connectivity index (χ0v) is 17.3. The lowest BCUT2D eigenvalue weighted by Gasteiger charge is -2.16. The van der Waals surface area contributed by atoms with Gasteiger partial charge in [0.05, 0.1) is 22.1 Å². The van der Waals surface area contributed by atoms with Crippen LogP contribution in [0.1, 0.15) is 6.92 Å². The Kier molecular flexibility index (Phi) is 6.82. The van der Waals surface area contributed by atoms with Crippen LogP contribution in [-0.2, 0) is 11.3 Å². The molecule has 1 amide bonds. The molecule has 2 aromatic carbocycles. The molecule has 0 saturated carbocycles. The summed E-state index contributed by atoms with van der Waals surface area (Å²) < 4.78 is 54.0. The van der Waals surface area contributed by atoms with E-state index in [0.29, 0.717) is 5.56 Å². The van der Waals surface area contributed by atoms with Crippen molar-refractivity contribution >= 4 is 29.0 Å². The van der Waals surface area contributed by atoms with Crippen molar-refractivity contribution in [3.05, 3.63) is 70.7 Å². The number of hydrogen-bond donors (Lipinski definition) is 1. The summed E-state index contributed by atoms with van der Waals surface area (Å²) in [6.07, 6.45) is -3.21. The second-order valence-electron chi connectivity index (χ2n) is 6.67. The summed E-state index contributed by atoms with van der Waals surface area (Å²) in [5, 5.41) is 12.3. The van der Waals surface area contributed by atoms with E-state index in [4.69, 9.17) is 0 Å². The molecule has 0 spiro atoms. The first-order valence-corrected chi connectivity index (χ1v) is 10.0. The summed E-state index contributed by atoms with van der Waals surface area (Å²) in [6, 6.07) is 11.3. The minimum atomic E-state index is -4.52. The standard InChI is InChI=1S/C20H16F4N4O3S/c1-12(18(29)26-14-7-8-15(21)16(9-14)28(30)31)32-19-25-10-17(13-5-3-2-4-6-13)27(19)11-20(22,23)24/h2-10,12H,11H2,1H3,(H,26,29). The minimum Gasteiger partial charge on any atom is -0.325 e. The van der Waals surface area contributed by atoms with E-state index in [-0.39, 0.29) is 16.5 Å². The van der Waals surface area contributed by atoms with E-state index < -0.39 is 40.3 Å². The van der Waals surface area contributed by atoms with Crippen molar-refractivity contribution in [3.63, 3.8) is 0 Å². The first-order valence-electron chi connectivity index (χ1n) is 9.14. The number of aromatic nitrogens is 2. The molecule has 0 bridgehead atoms. The van der Waals surface area contributed by atoms with Gasteiger partial charge in [0.1, 0.15) is 6.54 Å². The van der Waals surface area contributed by atoms with Crippen LogP contribution in [0.5, 0.6) is 0 Å². The first kappa shape index (κ1) is 23.3. The van der Waals surface area contributed by atoms with E-state index in [1.54, 1.807) is 30.3 Å². The van der Waals surface area contributed by atoms with E-state index in [9.17, 15) is 32.5 Å². The fraction of sp³-hybridized carbons (Fsp3) is 0.200. The van der Waals surface area contributed by atoms with Gasteiger partial charge in [-0.15, -0.1) is 0 Å². The molecular weight excluding hydrogens is 452 g/mol. The molecule has 3 aromatic rings. The molecule has 1 heterocycles. The third-order valence-corrected chi connectivity index (χ3v) is 5.39. The van der Waals surface area contributed by atoms with Gasteiger partial charge in [0.15, 0.2) is 5.16 Å². The van der Waals surface area contributed by atoms with Gasteiger partial charge in [0.25, 0.3) is 0 Å². The summed E-state index contributed by atoms with van der Waals surface area (Å²) >= 11 is 0.799. The molecule has 1 N–H and O–H groups in total. The highest BCUT2D eigenvalue weighted by Gasteiger charge is 2.31. The smallest absolute Gasteiger partial charge is 0.325 e. The van der Waals surface area contributed by atoms with Crippen LogP contribution in [0.2, 0.25) is 0 Å². The van der Waals surface area contributed by atoms with Gasteiger partial charge in [-0.05, 0) is 24.6 Å². The number of thioether (sulfide) groups is 1. The Bertz CT molecular complexity index is 1140. The summed E-state index contributed by atoms with van der Waals surface area (Å²) in [6.45, 7) is 0.158. The molecule has 0 radical (unpaired) electrons. The Morgan fingerprint density at radius 3 is 2.56 bits per heavy atom. The maximum absolute atomic E-state index is 13.5. The number of nitrogens with zero attached hydrogens (tertiary/aromatic N) is 3. The van der Waals surface area contributed by atoms with Gasteiger partial charge in [0.2, 0.25) is 11.7 Å². The highest BCUT2D eigenvalue weighted by Crippen LogP contribution is 2.32. The van der Waals surface area contributed by atoms with Crippen LogP contribution in [0.25, 0.3) is 11.3 Å². The Labute approximate surface area is 183 Å². The van der Waals surface area contributed by atoms with Crippen LogP contribution >= 0.6 is 11.8 Å². The van der Waals surface area contributed by atoms with E-state index in [0.717, 1.165) is 34.5 Å². The third kappa shape index (κ3) is 5.63. The van der Waals surface area contributed by atoms with Crippen LogP contribution < -0.4 is 5.32 Å². The zero-order chi connectivity index (χ0) is 23.5. The van der Waals surface area contributed by atoms with Crippen molar-refractivity contribution in [1.82, 2.24) is 9.55 Å². The second kappa shape index (κ2) is 9.39. The van der Waals surface area contributed by atoms with E-state index in [1.165, 1.54) is 13.1 Å². The van der Waals surface area contributed by atoms with Crippen molar-refractivity contribution in [2.45, 2.75) is 30.1 Å². The number of hydrogen-bond acceptors (Lipinski definition) is 5. The normalized spacial score (nSPS) is 12.4. The quantitative estimate of drug-likeness (QED) is 0.221. The predicted octanol–water partition coefficient (Wildman–Crippen LogP) is 5.28. The number of nitrogens with one attached hydrogen (secondary N) is 1. The zero-order valence-electron chi connectivity index (χ0n) is 16.5. The van der Waals surface area contributed by atoms with Crippen LogP contribution in [0, 0.1) is 15.9 Å². The fourth-order valence-corrected chi connectivity index (χ4v) is 3.70. The number of benzene rings is 2. The first-order chi connectivity index (χ1) is 15.0. The van der Waals surface area contributed by atoms with Crippen molar-refractivity contribution in [2.24, 2.45) is 0 Å². The van der Waals surface area contributed by atoms with Crippen molar-refractivity contribution in [2.75, 3.05) is 5.32 Å². The number of amides is 1. The maximum Gasteiger partial charge on any atom is 0.406 e. The van der Waals surface area contributed by atoms with E-state index in [1.807, 2.05) is 0 Å². The highest BCUT2D eigenvalue weighted by molar-refractivity contribution is 8.00. The SMILES string of the molecule is CC(Sc1ncc(-c2ccccc2)n1CC(F)(F)F)C(=O)Nc1ccc(F)c([N+](=O)[O-])c1. The molecule has 0 aliphatic rings. The molecule has 3 rings (SSSR count). The largest absolute Gasteiger partial charge is 0.406 e. The Balaban J connectivity index is 1.82. The molecular formula is C20H16F4N4O3S. The third-order valence-electron chi connectivity index (χ3n) is 4.29. The molecule has 0 saturated heterocycles. The lowest BCUT2D eigenvalue weighted by molar-refractivity contribution is -0.387. The number of anilines is 1. The van der Waals surface area contributed by atoms with Gasteiger partial charge >= 0.3 is 11.9 Å². The average Bonchev–Trinajstić information content (AvgIpc) is 3.10. The molecule has 1 unspecified atom stereocenters. The van der Waals surface area contributed by atoms with Crippen LogP contribution in [0.15, 0.2) is 59.9 Å². The Hall–Kier alpha value is -3.41. The summed E-state index contributed by atoms with van der Waals surface area (Å²) in [5.41, 5.74) is -0.0468. The predicted molar refractivity (Wildman–Crippen MR) is 111 cm³/mol. The maximum atomic E-state index is 13.5. The molecule has 12 heteroatoms. The number of rotatable bonds is 7. The molecule has 7 nitrogen and oxygen atoms in total. The molecule has 0 aliphatic carbocycles. The van der Waals surface area contributed by atoms with Gasteiger partial charge in [-0.3, -0.25) is 14.9 Å². The lowest BCUT2D eigenvalue weighted by atomic mass is 10.2. The monoisotopic (exact) mass is 468 g/mol. The van der Waals surface area contributed by atoms with Gasteiger partial charge in [-0.25, -0.2) is 4.98 Å². The number of carbonyl (C=O) groups is 1. The molecule has 1 aromatic heterocycles. The number of nitro benzene ring substituents is 1. The highest BCUT2D eigenvalue weighted by atomic mass is 32.2. The van der Waals surface area contributed by atoms with Gasteiger partial charge in [-0.1, -0.05) is 42.1 Å². The van der Waals surface area contributed by atoms with Gasteiger partial charge in [0, 0.05) is 11.8 Å². The fourth-order valence-electron chi connectivity index (χ4n) is 2.81. The Morgan fingerprint density at radius 1 is 1.25 bits per heavy atom. The van der Waals surface area contributed by atoms with Crippen molar-refractivity contribution in [3.8, 4) is 11.3 Å². The number of halogens is 4. The van der Waals surface area contributed by atoms with E-state index >= 15 is 0 Å². The van der Waals surface area contributed by atoms with Crippen molar-refractivity contribution < 1.29 is 27.3 Å². The van der Waals surface area contributed by atoms with Gasteiger partial charge < -0.3 is 9.88 Å². The van der Waals surface area contributed by atoms with Crippen molar-refractivity contribution in [1.29, 1.82) is 0 Å². The average molecular weight is 468 g/mol. The van der Waals surface area contributed by atoms with E-state index in [2.05, 4.69) is 10.3 Å². The molecule has 168 valence electrons. The second-order valence-corrected chi connectivity index (χ2v) is 7.97. The topological polar surface area (TPSA) is 90.1 Å². The molecule has 0 aliphatic heterocycles. The number of alkyl halides is 3.